The van der Waals surface area contributed by atoms with Gasteiger partial charge in [0.05, 0.1) is 6.04 Å². The zero-order valence-electron chi connectivity index (χ0n) is 13.0. The van der Waals surface area contributed by atoms with Gasteiger partial charge >= 0.3 is 6.03 Å². The molecule has 7 nitrogen and oxygen atoms in total. The summed E-state index contributed by atoms with van der Waals surface area (Å²) in [6.45, 7) is 5.80. The Kier molecular flexibility index (Phi) is 5.98. The highest BCUT2D eigenvalue weighted by Crippen LogP contribution is 2.09. The van der Waals surface area contributed by atoms with Crippen LogP contribution >= 0.6 is 0 Å². The summed E-state index contributed by atoms with van der Waals surface area (Å²) < 4.78 is 1.81. The summed E-state index contributed by atoms with van der Waals surface area (Å²) in [5, 5.41) is 13.6. The molecule has 0 aliphatic carbocycles. The second-order valence-corrected chi connectivity index (χ2v) is 5.68. The minimum absolute atomic E-state index is 0.152. The number of aromatic nitrogens is 3. The van der Waals surface area contributed by atoms with Gasteiger partial charge in [-0.05, 0) is 32.9 Å². The van der Waals surface area contributed by atoms with Gasteiger partial charge < -0.3 is 20.1 Å². The monoisotopic (exact) mass is 294 g/mol. The maximum atomic E-state index is 11.9. The fourth-order valence-electron chi connectivity index (χ4n) is 2.68. The number of carbonyl (C=O) groups excluding carboxylic acids is 1. The number of rotatable bonds is 5. The van der Waals surface area contributed by atoms with Crippen LogP contribution in [0.25, 0.3) is 0 Å². The van der Waals surface area contributed by atoms with Crippen molar-refractivity contribution in [3.63, 3.8) is 0 Å². The molecule has 1 aliphatic rings. The van der Waals surface area contributed by atoms with Crippen LogP contribution in [0.3, 0.4) is 0 Å². The van der Waals surface area contributed by atoms with E-state index < -0.39 is 0 Å². The normalized spacial score (nSPS) is 18.0. The Morgan fingerprint density at radius 3 is 2.67 bits per heavy atom. The number of nitrogens with zero attached hydrogens (tertiary/aromatic N) is 4. The van der Waals surface area contributed by atoms with Crippen molar-refractivity contribution in [2.75, 3.05) is 26.2 Å². The van der Waals surface area contributed by atoms with Gasteiger partial charge in [-0.3, -0.25) is 0 Å². The van der Waals surface area contributed by atoms with Crippen molar-refractivity contribution in [1.29, 1.82) is 0 Å². The van der Waals surface area contributed by atoms with Crippen LogP contribution < -0.4 is 10.6 Å². The number of nitrogens with one attached hydrogen (secondary N) is 2. The van der Waals surface area contributed by atoms with E-state index in [1.807, 2.05) is 18.5 Å². The first-order valence-electron chi connectivity index (χ1n) is 7.77. The lowest BCUT2D eigenvalue weighted by molar-refractivity contribution is 0.232. The van der Waals surface area contributed by atoms with Gasteiger partial charge in [-0.15, -0.1) is 10.2 Å². The van der Waals surface area contributed by atoms with Crippen molar-refractivity contribution in [2.45, 2.75) is 38.6 Å². The highest BCUT2D eigenvalue weighted by molar-refractivity contribution is 5.74. The summed E-state index contributed by atoms with van der Waals surface area (Å²) in [5.41, 5.74) is 0. The molecular weight excluding hydrogens is 268 g/mol. The standard InChI is InChI=1S/C14H26N6O/c1-12(13-18-16-11-19(13)2)17-14(21)15-7-10-20-8-5-3-4-6-9-20/h11-12H,3-10H2,1-2H3,(H2,15,17,21)/t12-/m0/s1. The molecule has 0 aromatic carbocycles. The van der Waals surface area contributed by atoms with E-state index in [-0.39, 0.29) is 12.1 Å². The smallest absolute Gasteiger partial charge is 0.315 e. The van der Waals surface area contributed by atoms with Crippen molar-refractivity contribution in [3.8, 4) is 0 Å². The predicted molar refractivity (Wildman–Crippen MR) is 80.9 cm³/mol. The lowest BCUT2D eigenvalue weighted by atomic mass is 10.2. The topological polar surface area (TPSA) is 75.1 Å². The van der Waals surface area contributed by atoms with Gasteiger partial charge in [-0.1, -0.05) is 12.8 Å². The van der Waals surface area contributed by atoms with Crippen LogP contribution in [0.15, 0.2) is 6.33 Å². The maximum absolute atomic E-state index is 11.9. The molecule has 1 atom stereocenters. The molecule has 2 amide bonds. The third-order valence-corrected chi connectivity index (χ3v) is 3.89. The highest BCUT2D eigenvalue weighted by atomic mass is 16.2. The Hall–Kier alpha value is -1.63. The zero-order valence-corrected chi connectivity index (χ0v) is 13.0. The molecule has 0 bridgehead atoms. The van der Waals surface area contributed by atoms with Gasteiger partial charge in [-0.2, -0.15) is 0 Å². The van der Waals surface area contributed by atoms with Crippen molar-refractivity contribution in [2.24, 2.45) is 7.05 Å². The summed E-state index contributed by atoms with van der Waals surface area (Å²) in [5.74, 6) is 0.748. The molecule has 21 heavy (non-hydrogen) atoms. The van der Waals surface area contributed by atoms with Crippen molar-refractivity contribution < 1.29 is 4.79 Å². The second-order valence-electron chi connectivity index (χ2n) is 5.68. The molecule has 2 heterocycles. The first-order chi connectivity index (χ1) is 10.2. The quantitative estimate of drug-likeness (QED) is 0.851. The van der Waals surface area contributed by atoms with Crippen molar-refractivity contribution >= 4 is 6.03 Å². The van der Waals surface area contributed by atoms with E-state index in [0.717, 1.165) is 25.5 Å². The minimum atomic E-state index is -0.157. The molecule has 118 valence electrons. The molecule has 0 unspecified atom stereocenters. The summed E-state index contributed by atoms with van der Waals surface area (Å²) in [6, 6.07) is -0.309. The van der Waals surface area contributed by atoms with Gasteiger partial charge in [-0.25, -0.2) is 4.79 Å². The van der Waals surface area contributed by atoms with Crippen LogP contribution in [0.2, 0.25) is 0 Å². The Bertz CT molecular complexity index is 438. The highest BCUT2D eigenvalue weighted by Gasteiger charge is 2.14. The molecule has 1 fully saturated rings. The van der Waals surface area contributed by atoms with Crippen LogP contribution in [0.1, 0.15) is 44.5 Å². The molecule has 0 radical (unpaired) electrons. The largest absolute Gasteiger partial charge is 0.337 e. The summed E-state index contributed by atoms with van der Waals surface area (Å²) >= 11 is 0. The van der Waals surface area contributed by atoms with Crippen LogP contribution in [-0.2, 0) is 7.05 Å². The first kappa shape index (κ1) is 15.8. The van der Waals surface area contributed by atoms with E-state index in [0.29, 0.717) is 6.54 Å². The molecular formula is C14H26N6O. The van der Waals surface area contributed by atoms with Gasteiger partial charge in [0.15, 0.2) is 5.82 Å². The first-order valence-corrected chi connectivity index (χ1v) is 7.77. The van der Waals surface area contributed by atoms with Crippen LogP contribution in [0, 0.1) is 0 Å². The van der Waals surface area contributed by atoms with Crippen LogP contribution in [0.5, 0.6) is 0 Å². The molecule has 1 aromatic rings. The van der Waals surface area contributed by atoms with Gasteiger partial charge in [0.2, 0.25) is 0 Å². The molecule has 2 N–H and O–H groups in total. The fourth-order valence-corrected chi connectivity index (χ4v) is 2.68. The molecule has 1 saturated heterocycles. The Morgan fingerprint density at radius 2 is 2.05 bits per heavy atom. The van der Waals surface area contributed by atoms with Crippen LogP contribution in [0.4, 0.5) is 4.79 Å². The van der Waals surface area contributed by atoms with Gasteiger partial charge in [0.1, 0.15) is 6.33 Å². The molecule has 7 heteroatoms. The average molecular weight is 294 g/mol. The number of aryl methyl sites for hydroxylation is 1. The Morgan fingerprint density at radius 1 is 1.33 bits per heavy atom. The van der Waals surface area contributed by atoms with Crippen molar-refractivity contribution in [3.05, 3.63) is 12.2 Å². The van der Waals surface area contributed by atoms with E-state index in [9.17, 15) is 4.79 Å². The third kappa shape index (κ3) is 5.00. The number of hydrogen-bond donors (Lipinski definition) is 2. The summed E-state index contributed by atoms with van der Waals surface area (Å²) in [4.78, 5) is 14.3. The van der Waals surface area contributed by atoms with Gasteiger partial charge in [0.25, 0.3) is 0 Å². The number of hydrogen-bond acceptors (Lipinski definition) is 4. The summed E-state index contributed by atoms with van der Waals surface area (Å²) in [6.07, 6.45) is 6.84. The molecule has 2 rings (SSSR count). The molecule has 0 saturated carbocycles. The number of carbonyl (C=O) groups is 1. The lowest BCUT2D eigenvalue weighted by Crippen LogP contribution is -2.41. The fraction of sp³-hybridized carbons (Fsp3) is 0.786. The SMILES string of the molecule is C[C@H](NC(=O)NCCN1CCCCCC1)c1nncn1C. The van der Waals surface area contributed by atoms with E-state index in [2.05, 4.69) is 25.7 Å². The lowest BCUT2D eigenvalue weighted by Gasteiger charge is -2.20. The molecule has 1 aromatic heterocycles. The van der Waals surface area contributed by atoms with E-state index >= 15 is 0 Å². The summed E-state index contributed by atoms with van der Waals surface area (Å²) in [7, 11) is 1.87. The van der Waals surface area contributed by atoms with Gasteiger partial charge in [0, 0.05) is 20.1 Å². The Balaban J connectivity index is 1.66. The second kappa shape index (κ2) is 7.97. The van der Waals surface area contributed by atoms with Crippen molar-refractivity contribution in [1.82, 2.24) is 30.3 Å². The van der Waals surface area contributed by atoms with E-state index in [1.165, 1.54) is 25.7 Å². The predicted octanol–water partition coefficient (Wildman–Crippen LogP) is 1.05. The maximum Gasteiger partial charge on any atom is 0.315 e. The number of amides is 2. The van der Waals surface area contributed by atoms with Crippen LogP contribution in [-0.4, -0.2) is 51.9 Å². The van der Waals surface area contributed by atoms with E-state index in [1.54, 1.807) is 6.33 Å². The number of likely N-dealkylation sites (tertiary alicyclic amines) is 1. The number of urea groups is 1. The molecule has 1 aliphatic heterocycles. The Labute approximate surface area is 126 Å². The minimum Gasteiger partial charge on any atom is -0.337 e. The third-order valence-electron chi connectivity index (χ3n) is 3.89. The average Bonchev–Trinajstić information content (AvgIpc) is 2.72. The van der Waals surface area contributed by atoms with E-state index in [4.69, 9.17) is 0 Å². The zero-order chi connectivity index (χ0) is 15.1. The molecule has 0 spiro atoms.